The molecule has 1 saturated carbocycles. The van der Waals surface area contributed by atoms with E-state index in [4.69, 9.17) is 0 Å². The van der Waals surface area contributed by atoms with Gasteiger partial charge in [-0.1, -0.05) is 39.5 Å². The van der Waals surface area contributed by atoms with Crippen molar-refractivity contribution < 1.29 is 0 Å². The smallest absolute Gasteiger partial charge is 0.00673 e. The van der Waals surface area contributed by atoms with Gasteiger partial charge in [-0.3, -0.25) is 0 Å². The summed E-state index contributed by atoms with van der Waals surface area (Å²) in [6.07, 6.45) is 8.49. The van der Waals surface area contributed by atoms with E-state index in [2.05, 4.69) is 30.9 Å². The van der Waals surface area contributed by atoms with E-state index in [-0.39, 0.29) is 0 Å². The van der Waals surface area contributed by atoms with Crippen molar-refractivity contribution in [1.82, 2.24) is 5.32 Å². The van der Waals surface area contributed by atoms with Crippen LogP contribution in [-0.2, 0) is 0 Å². The summed E-state index contributed by atoms with van der Waals surface area (Å²) >= 11 is 2.11. The highest BCUT2D eigenvalue weighted by Gasteiger charge is 2.11. The van der Waals surface area contributed by atoms with Crippen LogP contribution in [0.15, 0.2) is 0 Å². The van der Waals surface area contributed by atoms with Gasteiger partial charge in [-0.05, 0) is 24.5 Å². The van der Waals surface area contributed by atoms with Gasteiger partial charge in [-0.15, -0.1) is 0 Å². The molecule has 0 amide bonds. The van der Waals surface area contributed by atoms with Gasteiger partial charge >= 0.3 is 0 Å². The Labute approximate surface area is 99.8 Å². The van der Waals surface area contributed by atoms with Crippen LogP contribution in [-0.4, -0.2) is 24.1 Å². The second-order valence-electron chi connectivity index (χ2n) is 4.88. The molecule has 0 aromatic rings. The summed E-state index contributed by atoms with van der Waals surface area (Å²) < 4.78 is 0. The quantitative estimate of drug-likeness (QED) is 0.668. The fourth-order valence-corrected chi connectivity index (χ4v) is 3.11. The Morgan fingerprint density at radius 3 is 2.67 bits per heavy atom. The van der Waals surface area contributed by atoms with Crippen LogP contribution in [0.3, 0.4) is 0 Å². The fraction of sp³-hybridized carbons (Fsp3) is 1.00. The monoisotopic (exact) mass is 229 g/mol. The van der Waals surface area contributed by atoms with Crippen molar-refractivity contribution in [2.24, 2.45) is 5.92 Å². The summed E-state index contributed by atoms with van der Waals surface area (Å²) in [6.45, 7) is 5.85. The number of nitrogens with one attached hydrogen (secondary N) is 1. The highest BCUT2D eigenvalue weighted by molar-refractivity contribution is 7.99. The van der Waals surface area contributed by atoms with E-state index < -0.39 is 0 Å². The molecular weight excluding hydrogens is 202 g/mol. The minimum atomic E-state index is 0.836. The molecule has 0 aromatic carbocycles. The molecule has 1 aliphatic carbocycles. The molecule has 1 aliphatic rings. The first-order valence-electron chi connectivity index (χ1n) is 6.64. The molecule has 1 N–H and O–H groups in total. The summed E-state index contributed by atoms with van der Waals surface area (Å²) in [6, 6.07) is 0.836. The second kappa shape index (κ2) is 8.46. The van der Waals surface area contributed by atoms with Gasteiger partial charge in [0.2, 0.25) is 0 Å². The predicted octanol–water partition coefficient (Wildman–Crippen LogP) is 3.69. The number of hydrogen-bond donors (Lipinski definition) is 1. The number of hydrogen-bond acceptors (Lipinski definition) is 2. The van der Waals surface area contributed by atoms with Gasteiger partial charge in [0.05, 0.1) is 0 Å². The van der Waals surface area contributed by atoms with Crippen LogP contribution in [0.25, 0.3) is 0 Å². The van der Waals surface area contributed by atoms with Crippen LogP contribution >= 0.6 is 11.8 Å². The van der Waals surface area contributed by atoms with Crippen LogP contribution in [0.2, 0.25) is 0 Å². The van der Waals surface area contributed by atoms with E-state index >= 15 is 0 Å². The summed E-state index contributed by atoms with van der Waals surface area (Å²) in [5.74, 6) is 3.52. The number of rotatable bonds is 7. The molecule has 90 valence electrons. The molecule has 0 spiro atoms. The molecule has 0 aromatic heterocycles. The Hall–Kier alpha value is 0.310. The first kappa shape index (κ1) is 13.4. The third-order valence-electron chi connectivity index (χ3n) is 3.38. The zero-order chi connectivity index (χ0) is 10.9. The summed E-state index contributed by atoms with van der Waals surface area (Å²) in [5.41, 5.74) is 0. The van der Waals surface area contributed by atoms with Gasteiger partial charge < -0.3 is 5.32 Å². The Kier molecular flexibility index (Phi) is 7.54. The van der Waals surface area contributed by atoms with Gasteiger partial charge in [-0.2, -0.15) is 11.8 Å². The maximum atomic E-state index is 3.69. The van der Waals surface area contributed by atoms with Crippen molar-refractivity contribution >= 4 is 11.8 Å². The Bertz CT molecular complexity index is 143. The minimum Gasteiger partial charge on any atom is -0.313 e. The average molecular weight is 229 g/mol. The van der Waals surface area contributed by atoms with Gasteiger partial charge in [0.25, 0.3) is 0 Å². The van der Waals surface area contributed by atoms with Crippen LogP contribution in [0, 0.1) is 5.92 Å². The highest BCUT2D eigenvalue weighted by atomic mass is 32.2. The van der Waals surface area contributed by atoms with Crippen molar-refractivity contribution in [2.75, 3.05) is 18.1 Å². The molecule has 2 heteroatoms. The normalized spacial score (nSPS) is 20.4. The molecule has 1 atom stereocenters. The lowest BCUT2D eigenvalue weighted by atomic mass is 9.96. The Balaban J connectivity index is 1.87. The molecule has 1 rings (SSSR count). The lowest BCUT2D eigenvalue weighted by molar-refractivity contribution is 0.381. The molecule has 0 bridgehead atoms. The molecule has 1 unspecified atom stereocenters. The SMILES string of the molecule is CCC(C)CSCCNC1CCCCC1. The first-order valence-corrected chi connectivity index (χ1v) is 7.79. The molecule has 0 heterocycles. The molecule has 0 saturated heterocycles. The van der Waals surface area contributed by atoms with E-state index in [1.54, 1.807) is 0 Å². The molecule has 0 aliphatic heterocycles. The van der Waals surface area contributed by atoms with Crippen LogP contribution in [0.5, 0.6) is 0 Å². The lowest BCUT2D eigenvalue weighted by Crippen LogP contribution is -2.32. The van der Waals surface area contributed by atoms with Gasteiger partial charge in [0.1, 0.15) is 0 Å². The molecule has 1 nitrogen and oxygen atoms in total. The van der Waals surface area contributed by atoms with Gasteiger partial charge in [0, 0.05) is 18.3 Å². The van der Waals surface area contributed by atoms with Crippen molar-refractivity contribution in [2.45, 2.75) is 58.4 Å². The van der Waals surface area contributed by atoms with Crippen LogP contribution < -0.4 is 5.32 Å². The molecule has 1 fully saturated rings. The van der Waals surface area contributed by atoms with E-state index in [1.165, 1.54) is 56.6 Å². The van der Waals surface area contributed by atoms with E-state index in [1.807, 2.05) is 0 Å². The topological polar surface area (TPSA) is 12.0 Å². The largest absolute Gasteiger partial charge is 0.313 e. The number of thioether (sulfide) groups is 1. The summed E-state index contributed by atoms with van der Waals surface area (Å²) in [7, 11) is 0. The van der Waals surface area contributed by atoms with Crippen molar-refractivity contribution in [3.05, 3.63) is 0 Å². The molecule has 0 radical (unpaired) electrons. The average Bonchev–Trinajstić information content (AvgIpc) is 2.29. The minimum absolute atomic E-state index is 0.836. The highest BCUT2D eigenvalue weighted by Crippen LogP contribution is 2.17. The Morgan fingerprint density at radius 1 is 1.27 bits per heavy atom. The standard InChI is InChI=1S/C13H27NS/c1-3-12(2)11-15-10-9-14-13-7-5-4-6-8-13/h12-14H,3-11H2,1-2H3. The van der Waals surface area contributed by atoms with Crippen molar-refractivity contribution in [3.8, 4) is 0 Å². The molecular formula is C13H27NS. The third kappa shape index (κ3) is 6.47. The summed E-state index contributed by atoms with van der Waals surface area (Å²) in [4.78, 5) is 0. The van der Waals surface area contributed by atoms with Gasteiger partial charge in [0.15, 0.2) is 0 Å². The maximum Gasteiger partial charge on any atom is 0.00673 e. The second-order valence-corrected chi connectivity index (χ2v) is 6.03. The predicted molar refractivity (Wildman–Crippen MR) is 71.7 cm³/mol. The van der Waals surface area contributed by atoms with Crippen LogP contribution in [0.4, 0.5) is 0 Å². The third-order valence-corrected chi connectivity index (χ3v) is 4.68. The first-order chi connectivity index (χ1) is 7.33. The fourth-order valence-electron chi connectivity index (χ4n) is 2.04. The summed E-state index contributed by atoms with van der Waals surface area (Å²) in [5, 5.41) is 3.69. The Morgan fingerprint density at radius 2 is 2.00 bits per heavy atom. The zero-order valence-corrected chi connectivity index (χ0v) is 11.2. The van der Waals surface area contributed by atoms with Gasteiger partial charge in [-0.25, -0.2) is 0 Å². The zero-order valence-electron chi connectivity index (χ0n) is 10.4. The van der Waals surface area contributed by atoms with Crippen molar-refractivity contribution in [3.63, 3.8) is 0 Å². The maximum absolute atomic E-state index is 3.69. The van der Waals surface area contributed by atoms with Crippen LogP contribution in [0.1, 0.15) is 52.4 Å². The van der Waals surface area contributed by atoms with E-state index in [0.717, 1.165) is 12.0 Å². The molecule has 15 heavy (non-hydrogen) atoms. The lowest BCUT2D eigenvalue weighted by Gasteiger charge is -2.22. The van der Waals surface area contributed by atoms with E-state index in [9.17, 15) is 0 Å². The van der Waals surface area contributed by atoms with Crippen molar-refractivity contribution in [1.29, 1.82) is 0 Å². The van der Waals surface area contributed by atoms with E-state index in [0.29, 0.717) is 0 Å².